The van der Waals surface area contributed by atoms with Crippen LogP contribution in [0.15, 0.2) is 42.5 Å². The molecule has 21 heavy (non-hydrogen) atoms. The van der Waals surface area contributed by atoms with Crippen LogP contribution in [-0.2, 0) is 11.2 Å². The normalized spacial score (nSPS) is 21.6. The molecule has 3 heteroatoms. The first kappa shape index (κ1) is 14.1. The Morgan fingerprint density at radius 1 is 1.14 bits per heavy atom. The number of hydrogen-bond acceptors (Lipinski definition) is 2. The van der Waals surface area contributed by atoms with Crippen molar-refractivity contribution < 1.29 is 4.79 Å². The number of hydrogen-bond donors (Lipinski definition) is 2. The number of nitrogens with one attached hydrogen (secondary N) is 1. The molecule has 1 saturated carbocycles. The number of carbonyl (C=O) groups is 1. The van der Waals surface area contributed by atoms with Crippen molar-refractivity contribution in [2.45, 2.75) is 31.7 Å². The largest absolute Gasteiger partial charge is 0.356 e. The zero-order valence-electron chi connectivity index (χ0n) is 12.2. The van der Waals surface area contributed by atoms with E-state index in [9.17, 15) is 4.79 Å². The maximum absolute atomic E-state index is 12.0. The van der Waals surface area contributed by atoms with E-state index >= 15 is 0 Å². The van der Waals surface area contributed by atoms with Crippen LogP contribution in [-0.4, -0.2) is 18.5 Å². The molecule has 0 spiro atoms. The molecule has 0 aliphatic heterocycles. The minimum absolute atomic E-state index is 0.103. The predicted octanol–water partition coefficient (Wildman–Crippen LogP) is 2.63. The molecule has 1 amide bonds. The van der Waals surface area contributed by atoms with Crippen LogP contribution < -0.4 is 11.1 Å². The average molecular weight is 282 g/mol. The molecule has 0 radical (unpaired) electrons. The molecule has 1 fully saturated rings. The number of benzene rings is 2. The van der Waals surface area contributed by atoms with E-state index in [1.54, 1.807) is 0 Å². The summed E-state index contributed by atoms with van der Waals surface area (Å²) < 4.78 is 0. The summed E-state index contributed by atoms with van der Waals surface area (Å²) in [6, 6.07) is 14.8. The Hall–Kier alpha value is -1.87. The predicted molar refractivity (Wildman–Crippen MR) is 86.0 cm³/mol. The molecule has 0 aromatic heterocycles. The van der Waals surface area contributed by atoms with E-state index in [0.29, 0.717) is 18.4 Å². The van der Waals surface area contributed by atoms with E-state index in [1.807, 2.05) is 18.2 Å². The van der Waals surface area contributed by atoms with Gasteiger partial charge in [-0.2, -0.15) is 0 Å². The molecule has 0 heterocycles. The third-order valence-electron chi connectivity index (χ3n) is 4.35. The van der Waals surface area contributed by atoms with E-state index in [1.165, 1.54) is 10.8 Å². The van der Waals surface area contributed by atoms with Gasteiger partial charge in [0, 0.05) is 12.6 Å². The number of fused-ring (bicyclic) bond motifs is 1. The fourth-order valence-corrected chi connectivity index (χ4v) is 3.15. The van der Waals surface area contributed by atoms with Crippen LogP contribution in [0.2, 0.25) is 0 Å². The van der Waals surface area contributed by atoms with Gasteiger partial charge >= 0.3 is 0 Å². The highest BCUT2D eigenvalue weighted by molar-refractivity contribution is 5.85. The Bertz CT molecular complexity index is 638. The van der Waals surface area contributed by atoms with Gasteiger partial charge in [-0.3, -0.25) is 4.79 Å². The second-order valence-electron chi connectivity index (χ2n) is 6.10. The van der Waals surface area contributed by atoms with E-state index in [0.717, 1.165) is 31.4 Å². The van der Waals surface area contributed by atoms with Gasteiger partial charge in [-0.15, -0.1) is 0 Å². The molecule has 2 aromatic carbocycles. The average Bonchev–Trinajstić information content (AvgIpc) is 2.91. The molecule has 3 rings (SSSR count). The lowest BCUT2D eigenvalue weighted by atomic mass is 10.0. The van der Waals surface area contributed by atoms with Gasteiger partial charge in [0.2, 0.25) is 5.91 Å². The monoisotopic (exact) mass is 282 g/mol. The summed E-state index contributed by atoms with van der Waals surface area (Å²) in [5.41, 5.74) is 6.96. The van der Waals surface area contributed by atoms with Gasteiger partial charge in [0.25, 0.3) is 0 Å². The smallest absolute Gasteiger partial charge is 0.224 e. The molecular formula is C18H22N2O. The summed E-state index contributed by atoms with van der Waals surface area (Å²) in [4.78, 5) is 12.0. The maximum atomic E-state index is 12.0. The summed E-state index contributed by atoms with van der Waals surface area (Å²) in [5.74, 6) is 0.659. The highest BCUT2D eigenvalue weighted by atomic mass is 16.1. The zero-order chi connectivity index (χ0) is 14.7. The SMILES string of the molecule is NC1CCC(CNC(=O)Cc2ccc3ccccc3c2)C1. The van der Waals surface area contributed by atoms with Crippen molar-refractivity contribution in [1.82, 2.24) is 5.32 Å². The summed E-state index contributed by atoms with van der Waals surface area (Å²) in [6.45, 7) is 0.764. The van der Waals surface area contributed by atoms with E-state index in [-0.39, 0.29) is 5.91 Å². The van der Waals surface area contributed by atoms with E-state index in [2.05, 4.69) is 29.6 Å². The molecule has 0 bridgehead atoms. The van der Waals surface area contributed by atoms with Gasteiger partial charge in [-0.1, -0.05) is 42.5 Å². The number of rotatable bonds is 4. The van der Waals surface area contributed by atoms with Gasteiger partial charge in [0.1, 0.15) is 0 Å². The first-order valence-corrected chi connectivity index (χ1v) is 7.70. The van der Waals surface area contributed by atoms with Crippen LogP contribution in [0.4, 0.5) is 0 Å². The molecule has 110 valence electrons. The van der Waals surface area contributed by atoms with Crippen LogP contribution in [0.3, 0.4) is 0 Å². The van der Waals surface area contributed by atoms with Crippen molar-refractivity contribution in [3.8, 4) is 0 Å². The molecule has 2 aromatic rings. The van der Waals surface area contributed by atoms with Crippen LogP contribution in [0.1, 0.15) is 24.8 Å². The van der Waals surface area contributed by atoms with Crippen LogP contribution in [0.25, 0.3) is 10.8 Å². The topological polar surface area (TPSA) is 55.1 Å². The molecule has 1 aliphatic carbocycles. The van der Waals surface area contributed by atoms with E-state index < -0.39 is 0 Å². The molecule has 3 N–H and O–H groups in total. The van der Waals surface area contributed by atoms with Gasteiger partial charge in [-0.05, 0) is 41.5 Å². The highest BCUT2D eigenvalue weighted by Gasteiger charge is 2.21. The molecule has 2 atom stereocenters. The third-order valence-corrected chi connectivity index (χ3v) is 4.35. The Labute approximate surface area is 125 Å². The van der Waals surface area contributed by atoms with Gasteiger partial charge in [-0.25, -0.2) is 0 Å². The lowest BCUT2D eigenvalue weighted by Gasteiger charge is -2.11. The Balaban J connectivity index is 1.56. The third kappa shape index (κ3) is 3.61. The van der Waals surface area contributed by atoms with Gasteiger partial charge in [0.15, 0.2) is 0 Å². The lowest BCUT2D eigenvalue weighted by Crippen LogP contribution is -2.30. The Morgan fingerprint density at radius 2 is 1.95 bits per heavy atom. The summed E-state index contributed by atoms with van der Waals surface area (Å²) in [6.07, 6.45) is 3.71. The Morgan fingerprint density at radius 3 is 2.71 bits per heavy atom. The molecule has 2 unspecified atom stereocenters. The second-order valence-corrected chi connectivity index (χ2v) is 6.10. The molecule has 1 aliphatic rings. The number of carbonyl (C=O) groups excluding carboxylic acids is 1. The lowest BCUT2D eigenvalue weighted by molar-refractivity contribution is -0.120. The van der Waals surface area contributed by atoms with E-state index in [4.69, 9.17) is 5.73 Å². The molecule has 3 nitrogen and oxygen atoms in total. The van der Waals surface area contributed by atoms with Crippen LogP contribution in [0.5, 0.6) is 0 Å². The standard InChI is InChI=1S/C18H22N2O/c19-17-8-6-14(10-17)12-20-18(21)11-13-5-7-15-3-1-2-4-16(15)9-13/h1-5,7,9,14,17H,6,8,10-12,19H2,(H,20,21). The minimum atomic E-state index is 0.103. The molecule has 0 saturated heterocycles. The maximum Gasteiger partial charge on any atom is 0.224 e. The molecular weight excluding hydrogens is 260 g/mol. The van der Waals surface area contributed by atoms with Crippen molar-refractivity contribution in [2.24, 2.45) is 11.7 Å². The van der Waals surface area contributed by atoms with Crippen molar-refractivity contribution in [2.75, 3.05) is 6.54 Å². The van der Waals surface area contributed by atoms with Crippen molar-refractivity contribution in [3.63, 3.8) is 0 Å². The summed E-state index contributed by atoms with van der Waals surface area (Å²) in [5, 5.41) is 5.44. The van der Waals surface area contributed by atoms with Crippen LogP contribution in [0, 0.1) is 5.92 Å². The second kappa shape index (κ2) is 6.27. The first-order chi connectivity index (χ1) is 10.2. The summed E-state index contributed by atoms with van der Waals surface area (Å²) >= 11 is 0. The van der Waals surface area contributed by atoms with Gasteiger partial charge in [0.05, 0.1) is 6.42 Å². The number of amides is 1. The van der Waals surface area contributed by atoms with Crippen molar-refractivity contribution >= 4 is 16.7 Å². The first-order valence-electron chi connectivity index (χ1n) is 7.70. The fraction of sp³-hybridized carbons (Fsp3) is 0.389. The Kier molecular flexibility index (Phi) is 4.20. The number of nitrogens with two attached hydrogens (primary N) is 1. The zero-order valence-corrected chi connectivity index (χ0v) is 12.2. The van der Waals surface area contributed by atoms with Crippen LogP contribution >= 0.6 is 0 Å². The minimum Gasteiger partial charge on any atom is -0.356 e. The summed E-state index contributed by atoms with van der Waals surface area (Å²) in [7, 11) is 0. The van der Waals surface area contributed by atoms with Gasteiger partial charge < -0.3 is 11.1 Å². The quantitative estimate of drug-likeness (QED) is 0.905. The van der Waals surface area contributed by atoms with Crippen molar-refractivity contribution in [1.29, 1.82) is 0 Å². The van der Waals surface area contributed by atoms with Crippen molar-refractivity contribution in [3.05, 3.63) is 48.0 Å². The highest BCUT2D eigenvalue weighted by Crippen LogP contribution is 2.23. The fourth-order valence-electron chi connectivity index (χ4n) is 3.15.